The Hall–Kier alpha value is -0.450. The van der Waals surface area contributed by atoms with Crippen molar-refractivity contribution in [1.29, 1.82) is 0 Å². The lowest BCUT2D eigenvalue weighted by atomic mass is 10.0. The Morgan fingerprint density at radius 2 is 2.27 bits per heavy atom. The molecule has 4 heteroatoms. The molecule has 3 N–H and O–H groups in total. The van der Waals surface area contributed by atoms with Crippen molar-refractivity contribution in [2.24, 2.45) is 5.73 Å². The molecule has 0 saturated heterocycles. The number of hydrogen-bond donors (Lipinski definition) is 2. The minimum atomic E-state index is -0.0789. The second kappa shape index (κ2) is 5.58. The lowest BCUT2D eigenvalue weighted by Crippen LogP contribution is -2.35. The van der Waals surface area contributed by atoms with Crippen molar-refractivity contribution in [1.82, 2.24) is 10.3 Å². The first-order valence-corrected chi connectivity index (χ1v) is 6.26. The molecule has 0 saturated carbocycles. The number of nitrogens with zero attached hydrogens (tertiary/aromatic N) is 1. The quantitative estimate of drug-likeness (QED) is 0.730. The molecule has 0 aromatic carbocycles. The molecular weight excluding hydrogens is 206 g/mol. The molecule has 1 rings (SSSR count). The number of rotatable bonds is 6. The minimum Gasteiger partial charge on any atom is -0.326 e. The third-order valence-electron chi connectivity index (χ3n) is 2.17. The van der Waals surface area contributed by atoms with Gasteiger partial charge in [0.25, 0.3) is 0 Å². The first-order valence-electron chi connectivity index (χ1n) is 5.44. The zero-order valence-corrected chi connectivity index (χ0v) is 10.7. The predicted molar refractivity (Wildman–Crippen MR) is 66.1 cm³/mol. The highest BCUT2D eigenvalue weighted by Gasteiger charge is 2.09. The summed E-state index contributed by atoms with van der Waals surface area (Å²) < 4.78 is 0. The Labute approximate surface area is 96.1 Å². The van der Waals surface area contributed by atoms with Crippen LogP contribution in [0.3, 0.4) is 0 Å². The fraction of sp³-hybridized carbons (Fsp3) is 0.727. The van der Waals surface area contributed by atoms with Gasteiger partial charge in [-0.2, -0.15) is 0 Å². The molecule has 3 nitrogen and oxygen atoms in total. The van der Waals surface area contributed by atoms with E-state index in [1.54, 1.807) is 11.3 Å². The van der Waals surface area contributed by atoms with E-state index in [1.807, 2.05) is 20.0 Å². The van der Waals surface area contributed by atoms with Crippen LogP contribution in [0.5, 0.6) is 0 Å². The Kier molecular flexibility index (Phi) is 4.70. The molecule has 0 aliphatic heterocycles. The standard InChI is InChI=1S/C11H21N3S/c1-4-9-7-14-10(15-9)8-13-6-5-11(2,3)12/h7,13H,4-6,8,12H2,1-3H3. The molecule has 1 aromatic rings. The summed E-state index contributed by atoms with van der Waals surface area (Å²) in [5, 5.41) is 4.53. The van der Waals surface area contributed by atoms with Crippen molar-refractivity contribution in [2.45, 2.75) is 45.7 Å². The number of aromatic nitrogens is 1. The summed E-state index contributed by atoms with van der Waals surface area (Å²) in [5.41, 5.74) is 5.81. The van der Waals surface area contributed by atoms with Gasteiger partial charge in [0.05, 0.1) is 0 Å². The van der Waals surface area contributed by atoms with Crippen LogP contribution in [0.1, 0.15) is 37.1 Å². The van der Waals surface area contributed by atoms with Crippen LogP contribution in [-0.2, 0) is 13.0 Å². The van der Waals surface area contributed by atoms with Gasteiger partial charge in [-0.05, 0) is 33.2 Å². The zero-order chi connectivity index (χ0) is 11.3. The summed E-state index contributed by atoms with van der Waals surface area (Å²) in [6.07, 6.45) is 4.03. The van der Waals surface area contributed by atoms with Gasteiger partial charge < -0.3 is 11.1 Å². The monoisotopic (exact) mass is 227 g/mol. The molecule has 0 radical (unpaired) electrons. The maximum Gasteiger partial charge on any atom is 0.107 e. The van der Waals surface area contributed by atoms with Crippen LogP contribution in [0, 0.1) is 0 Å². The molecular formula is C11H21N3S. The molecule has 0 aliphatic rings. The molecule has 0 atom stereocenters. The Bertz CT molecular complexity index is 288. The number of aryl methyl sites for hydroxylation is 1. The van der Waals surface area contributed by atoms with Gasteiger partial charge in [-0.25, -0.2) is 4.98 Å². The molecule has 1 aromatic heterocycles. The summed E-state index contributed by atoms with van der Waals surface area (Å²) in [6.45, 7) is 8.06. The zero-order valence-electron chi connectivity index (χ0n) is 9.84. The average molecular weight is 227 g/mol. The molecule has 0 bridgehead atoms. The smallest absolute Gasteiger partial charge is 0.107 e. The molecule has 15 heavy (non-hydrogen) atoms. The van der Waals surface area contributed by atoms with Crippen molar-refractivity contribution < 1.29 is 0 Å². The van der Waals surface area contributed by atoms with E-state index in [1.165, 1.54) is 9.88 Å². The molecule has 0 spiro atoms. The van der Waals surface area contributed by atoms with Crippen LogP contribution in [0.2, 0.25) is 0 Å². The van der Waals surface area contributed by atoms with Gasteiger partial charge in [0, 0.05) is 23.2 Å². The molecule has 0 aliphatic carbocycles. The fourth-order valence-electron chi connectivity index (χ4n) is 1.20. The van der Waals surface area contributed by atoms with Crippen molar-refractivity contribution in [3.8, 4) is 0 Å². The number of nitrogens with one attached hydrogen (secondary N) is 1. The van der Waals surface area contributed by atoms with Crippen molar-refractivity contribution in [3.63, 3.8) is 0 Å². The lowest BCUT2D eigenvalue weighted by Gasteiger charge is -2.17. The molecule has 86 valence electrons. The van der Waals surface area contributed by atoms with E-state index < -0.39 is 0 Å². The van der Waals surface area contributed by atoms with Crippen LogP contribution >= 0.6 is 11.3 Å². The normalized spacial score (nSPS) is 12.0. The van der Waals surface area contributed by atoms with Gasteiger partial charge in [-0.1, -0.05) is 6.92 Å². The molecule has 1 heterocycles. The van der Waals surface area contributed by atoms with Gasteiger partial charge in [0.2, 0.25) is 0 Å². The molecule has 0 amide bonds. The Balaban J connectivity index is 2.20. The van der Waals surface area contributed by atoms with E-state index in [-0.39, 0.29) is 5.54 Å². The largest absolute Gasteiger partial charge is 0.326 e. The highest BCUT2D eigenvalue weighted by Crippen LogP contribution is 2.12. The molecule has 0 unspecified atom stereocenters. The average Bonchev–Trinajstić information content (AvgIpc) is 2.59. The van der Waals surface area contributed by atoms with Crippen LogP contribution in [-0.4, -0.2) is 17.1 Å². The van der Waals surface area contributed by atoms with Gasteiger partial charge >= 0.3 is 0 Å². The second-order valence-corrected chi connectivity index (χ2v) is 5.69. The predicted octanol–water partition coefficient (Wildman–Crippen LogP) is 1.92. The van der Waals surface area contributed by atoms with E-state index in [9.17, 15) is 0 Å². The lowest BCUT2D eigenvalue weighted by molar-refractivity contribution is 0.455. The van der Waals surface area contributed by atoms with Crippen LogP contribution in [0.15, 0.2) is 6.20 Å². The topological polar surface area (TPSA) is 50.9 Å². The van der Waals surface area contributed by atoms with E-state index in [2.05, 4.69) is 17.2 Å². The highest BCUT2D eigenvalue weighted by molar-refractivity contribution is 7.11. The summed E-state index contributed by atoms with van der Waals surface area (Å²) in [6, 6.07) is 0. The summed E-state index contributed by atoms with van der Waals surface area (Å²) in [7, 11) is 0. The Morgan fingerprint density at radius 1 is 1.53 bits per heavy atom. The maximum absolute atomic E-state index is 5.89. The number of thiazole rings is 1. The van der Waals surface area contributed by atoms with E-state index in [0.717, 1.165) is 25.9 Å². The first kappa shape index (κ1) is 12.6. The Morgan fingerprint density at radius 3 is 2.80 bits per heavy atom. The van der Waals surface area contributed by atoms with Gasteiger partial charge in [-0.15, -0.1) is 11.3 Å². The first-order chi connectivity index (χ1) is 7.01. The van der Waals surface area contributed by atoms with E-state index in [0.29, 0.717) is 0 Å². The molecule has 0 fully saturated rings. The third kappa shape index (κ3) is 5.25. The van der Waals surface area contributed by atoms with Crippen LogP contribution in [0.4, 0.5) is 0 Å². The van der Waals surface area contributed by atoms with Crippen molar-refractivity contribution in [3.05, 3.63) is 16.1 Å². The minimum absolute atomic E-state index is 0.0789. The second-order valence-electron chi connectivity index (χ2n) is 4.49. The van der Waals surface area contributed by atoms with Gasteiger partial charge in [0.1, 0.15) is 5.01 Å². The SMILES string of the molecule is CCc1cnc(CNCCC(C)(C)N)s1. The number of nitrogens with two attached hydrogens (primary N) is 1. The maximum atomic E-state index is 5.89. The van der Waals surface area contributed by atoms with Crippen molar-refractivity contribution in [2.75, 3.05) is 6.54 Å². The highest BCUT2D eigenvalue weighted by atomic mass is 32.1. The van der Waals surface area contributed by atoms with Crippen LogP contribution < -0.4 is 11.1 Å². The van der Waals surface area contributed by atoms with Crippen molar-refractivity contribution >= 4 is 11.3 Å². The van der Waals surface area contributed by atoms with Gasteiger partial charge in [0.15, 0.2) is 0 Å². The van der Waals surface area contributed by atoms with Gasteiger partial charge in [-0.3, -0.25) is 0 Å². The fourth-order valence-corrected chi connectivity index (χ4v) is 2.03. The van der Waals surface area contributed by atoms with Crippen LogP contribution in [0.25, 0.3) is 0 Å². The summed E-state index contributed by atoms with van der Waals surface area (Å²) >= 11 is 1.79. The summed E-state index contributed by atoms with van der Waals surface area (Å²) in [5.74, 6) is 0. The van der Waals surface area contributed by atoms with E-state index >= 15 is 0 Å². The van der Waals surface area contributed by atoms with E-state index in [4.69, 9.17) is 5.73 Å². The summed E-state index contributed by atoms with van der Waals surface area (Å²) in [4.78, 5) is 5.70. The number of hydrogen-bond acceptors (Lipinski definition) is 4. The third-order valence-corrected chi connectivity index (χ3v) is 3.31.